The number of piperazine rings is 1. The van der Waals surface area contributed by atoms with Crippen LogP contribution in [0, 0.1) is 18.3 Å². The number of anilines is 1. The minimum atomic E-state index is -0.655. The molecule has 3 saturated heterocycles. The predicted molar refractivity (Wildman–Crippen MR) is 206 cm³/mol. The third kappa shape index (κ3) is 6.88. The van der Waals surface area contributed by atoms with E-state index < -0.39 is 17.7 Å². The van der Waals surface area contributed by atoms with Crippen molar-refractivity contribution in [2.75, 3.05) is 57.9 Å². The average molecular weight is 757 g/mol. The van der Waals surface area contributed by atoms with Gasteiger partial charge in [0.1, 0.15) is 23.8 Å². The number of nitriles is 1. The zero-order valence-corrected chi connectivity index (χ0v) is 32.6. The number of benzene rings is 2. The molecule has 13 nitrogen and oxygen atoms in total. The van der Waals surface area contributed by atoms with E-state index in [1.807, 2.05) is 38.6 Å². The minimum Gasteiger partial charge on any atom is -0.492 e. The Bertz CT molecular complexity index is 2120. The van der Waals surface area contributed by atoms with Crippen molar-refractivity contribution < 1.29 is 23.7 Å². The number of likely N-dealkylation sites (N-methyl/N-ethyl adjacent to an activating group) is 1. The van der Waals surface area contributed by atoms with Crippen molar-refractivity contribution in [1.29, 1.82) is 5.26 Å². The van der Waals surface area contributed by atoms with Gasteiger partial charge >= 0.3 is 12.1 Å². The molecule has 0 aliphatic carbocycles. The summed E-state index contributed by atoms with van der Waals surface area (Å²) in [7, 11) is 2.12. The van der Waals surface area contributed by atoms with Crippen molar-refractivity contribution in [3.63, 3.8) is 0 Å². The van der Waals surface area contributed by atoms with Gasteiger partial charge in [-0.3, -0.25) is 0 Å². The highest BCUT2D eigenvalue weighted by Gasteiger charge is 2.37. The van der Waals surface area contributed by atoms with Crippen LogP contribution in [0.5, 0.6) is 11.8 Å². The van der Waals surface area contributed by atoms with Gasteiger partial charge < -0.3 is 33.6 Å². The summed E-state index contributed by atoms with van der Waals surface area (Å²) in [6.07, 6.45) is 7.42. The molecule has 4 aliphatic heterocycles. The summed E-state index contributed by atoms with van der Waals surface area (Å²) in [4.78, 5) is 29.5. The number of fused-ring (bicyclic) bond motifs is 4. The maximum absolute atomic E-state index is 13.3. The van der Waals surface area contributed by atoms with Crippen LogP contribution in [0.3, 0.4) is 0 Å². The molecular weight excluding hydrogens is 708 g/mol. The number of hydrogen-bond donors (Lipinski definition) is 0. The highest BCUT2D eigenvalue weighted by atomic mass is 35.5. The molecule has 2 aromatic carbocycles. The Balaban J connectivity index is 1.25. The molecule has 2 aromatic heterocycles. The minimum absolute atomic E-state index is 0.120. The number of ether oxygens (including phenoxy) is 4. The molecule has 3 fully saturated rings. The summed E-state index contributed by atoms with van der Waals surface area (Å²) in [5, 5.41) is 17.1. The van der Waals surface area contributed by atoms with Crippen LogP contribution in [0.2, 0.25) is 5.02 Å². The van der Waals surface area contributed by atoms with Crippen LogP contribution in [0.25, 0.3) is 32.9 Å². The first-order valence-electron chi connectivity index (χ1n) is 19.2. The van der Waals surface area contributed by atoms with Gasteiger partial charge in [-0.2, -0.15) is 20.3 Å². The number of amides is 1. The first-order chi connectivity index (χ1) is 26.0. The van der Waals surface area contributed by atoms with Gasteiger partial charge in [0.15, 0.2) is 6.23 Å². The van der Waals surface area contributed by atoms with Crippen LogP contribution in [0.1, 0.15) is 76.7 Å². The van der Waals surface area contributed by atoms with Gasteiger partial charge in [0.05, 0.1) is 52.8 Å². The van der Waals surface area contributed by atoms with E-state index in [9.17, 15) is 10.1 Å². The van der Waals surface area contributed by atoms with E-state index in [4.69, 9.17) is 45.6 Å². The van der Waals surface area contributed by atoms with Gasteiger partial charge in [0.25, 0.3) is 0 Å². The summed E-state index contributed by atoms with van der Waals surface area (Å²) in [6.45, 7) is 11.5. The maximum Gasteiger partial charge on any atom is 0.410 e. The van der Waals surface area contributed by atoms with Crippen LogP contribution in [0.15, 0.2) is 18.3 Å². The Morgan fingerprint density at radius 1 is 1.09 bits per heavy atom. The van der Waals surface area contributed by atoms with E-state index >= 15 is 0 Å². The highest BCUT2D eigenvalue weighted by molar-refractivity contribution is 6.36. The SMILES string of the molecule is Cc1cc2c(cnn2C2CCCCO2)c(-c2cc3nc(OC[C@@H]4CCCN4C)nc(N4CCN(C(=O)OC(C)(C)C)[C@@H](CC#N)C4)c3c3c2CCO3)c1Cl. The van der Waals surface area contributed by atoms with Crippen LogP contribution in [-0.4, -0.2) is 106 Å². The lowest BCUT2D eigenvalue weighted by molar-refractivity contribution is -0.0366. The third-order valence-corrected chi connectivity index (χ3v) is 11.6. The van der Waals surface area contributed by atoms with Crippen molar-refractivity contribution in [3.8, 4) is 29.0 Å². The highest BCUT2D eigenvalue weighted by Crippen LogP contribution is 2.48. The number of aryl methyl sites for hydroxylation is 1. The van der Waals surface area contributed by atoms with Crippen molar-refractivity contribution in [3.05, 3.63) is 34.5 Å². The van der Waals surface area contributed by atoms with Crippen LogP contribution in [-0.2, 0) is 15.9 Å². The van der Waals surface area contributed by atoms with E-state index in [0.29, 0.717) is 55.6 Å². The van der Waals surface area contributed by atoms with Crippen LogP contribution >= 0.6 is 11.6 Å². The Morgan fingerprint density at radius 2 is 1.94 bits per heavy atom. The molecule has 8 rings (SSSR count). The standard InChI is InChI=1S/C40H49ClN8O5/c1-24-19-31-29(21-43-49(31)32-10-6-7-17-51-32)33(35(24)41)28-20-30-34(36-27(28)12-18-52-36)37(45-38(44-30)53-23-26-9-8-14-46(26)5)47-15-16-48(25(22-47)11-13-42)39(50)54-40(2,3)4/h19-21,25-26,32H,6-12,14-18,22-23H2,1-5H3/t25-,26-,32?/m0/s1. The quantitative estimate of drug-likeness (QED) is 0.192. The van der Waals surface area contributed by atoms with Crippen LogP contribution in [0.4, 0.5) is 10.6 Å². The smallest absolute Gasteiger partial charge is 0.410 e. The van der Waals surface area contributed by atoms with Gasteiger partial charge in [-0.05, 0) is 96.7 Å². The van der Waals surface area contributed by atoms with Gasteiger partial charge in [0.2, 0.25) is 0 Å². The second kappa shape index (κ2) is 14.7. The average Bonchev–Trinajstić information content (AvgIpc) is 3.91. The number of aromatic nitrogens is 4. The zero-order valence-electron chi connectivity index (χ0n) is 31.9. The molecule has 0 N–H and O–H groups in total. The molecule has 0 saturated carbocycles. The number of rotatable bonds is 7. The normalized spacial score (nSPS) is 22.1. The van der Waals surface area contributed by atoms with E-state index in [0.717, 1.165) is 89.5 Å². The van der Waals surface area contributed by atoms with Crippen molar-refractivity contribution in [1.82, 2.24) is 29.5 Å². The second-order valence-corrected chi connectivity index (χ2v) is 16.4. The molecule has 4 aromatic rings. The summed E-state index contributed by atoms with van der Waals surface area (Å²) >= 11 is 7.25. The molecule has 4 aliphatic rings. The fraction of sp³-hybridized carbons (Fsp3) is 0.575. The molecule has 1 amide bonds. The summed E-state index contributed by atoms with van der Waals surface area (Å²) < 4.78 is 26.8. The van der Waals surface area contributed by atoms with Gasteiger partial charge in [-0.15, -0.1) is 0 Å². The number of nitrogens with zero attached hydrogens (tertiary/aromatic N) is 8. The van der Waals surface area contributed by atoms with Crippen molar-refractivity contribution in [2.24, 2.45) is 0 Å². The van der Waals surface area contributed by atoms with E-state index in [2.05, 4.69) is 35.0 Å². The number of carbonyl (C=O) groups is 1. The molecule has 286 valence electrons. The largest absolute Gasteiger partial charge is 0.492 e. The molecule has 54 heavy (non-hydrogen) atoms. The van der Waals surface area contributed by atoms with E-state index in [1.165, 1.54) is 0 Å². The summed E-state index contributed by atoms with van der Waals surface area (Å²) in [5.41, 5.74) is 4.82. The Labute approximate surface area is 321 Å². The summed E-state index contributed by atoms with van der Waals surface area (Å²) in [5.74, 6) is 1.38. The second-order valence-electron chi connectivity index (χ2n) is 16.0. The molecule has 6 heterocycles. The fourth-order valence-corrected chi connectivity index (χ4v) is 8.65. The Kier molecular flexibility index (Phi) is 9.96. The van der Waals surface area contributed by atoms with Crippen LogP contribution < -0.4 is 14.4 Å². The first kappa shape index (κ1) is 36.6. The Morgan fingerprint density at radius 3 is 2.69 bits per heavy atom. The summed E-state index contributed by atoms with van der Waals surface area (Å²) in [6, 6.07) is 6.63. The lowest BCUT2D eigenvalue weighted by Gasteiger charge is -2.41. The monoisotopic (exact) mass is 756 g/mol. The van der Waals surface area contributed by atoms with E-state index in [1.54, 1.807) is 4.90 Å². The van der Waals surface area contributed by atoms with Crippen molar-refractivity contribution in [2.45, 2.75) is 96.6 Å². The molecule has 0 bridgehead atoms. The molecular formula is C40H49ClN8O5. The lowest BCUT2D eigenvalue weighted by Crippen LogP contribution is -2.56. The number of halogens is 1. The number of carbonyl (C=O) groups excluding carboxylic acids is 1. The topological polar surface area (TPSA) is 131 Å². The Hall–Kier alpha value is -4.38. The molecule has 0 spiro atoms. The predicted octanol–water partition coefficient (Wildman–Crippen LogP) is 7.05. The fourth-order valence-electron chi connectivity index (χ4n) is 8.39. The molecule has 0 radical (unpaired) electrons. The third-order valence-electron chi connectivity index (χ3n) is 11.1. The van der Waals surface area contributed by atoms with Gasteiger partial charge in [-0.1, -0.05) is 11.6 Å². The van der Waals surface area contributed by atoms with Gasteiger partial charge in [0, 0.05) is 55.2 Å². The lowest BCUT2D eigenvalue weighted by atomic mass is 9.92. The van der Waals surface area contributed by atoms with E-state index in [-0.39, 0.29) is 24.7 Å². The number of hydrogen-bond acceptors (Lipinski definition) is 11. The van der Waals surface area contributed by atoms with Gasteiger partial charge in [-0.25, -0.2) is 9.48 Å². The van der Waals surface area contributed by atoms with Crippen molar-refractivity contribution >= 4 is 45.3 Å². The molecule has 14 heteroatoms. The maximum atomic E-state index is 13.3. The number of likely N-dealkylation sites (tertiary alicyclic amines) is 1. The molecule has 3 atom stereocenters. The first-order valence-corrected chi connectivity index (χ1v) is 19.6. The molecule has 1 unspecified atom stereocenters. The zero-order chi connectivity index (χ0) is 37.7.